The van der Waals surface area contributed by atoms with E-state index in [1.54, 1.807) is 12.2 Å². The normalized spacial score (nSPS) is 23.5. The number of carbonyl (C=O) groups is 1. The number of rotatable bonds is 1. The van der Waals surface area contributed by atoms with Gasteiger partial charge in [0.05, 0.1) is 6.42 Å². The topological polar surface area (TPSA) is 96.2 Å². The van der Waals surface area contributed by atoms with Crippen molar-refractivity contribution in [2.45, 2.75) is 12.2 Å². The molecule has 0 bridgehead atoms. The first-order valence-corrected chi connectivity index (χ1v) is 6.58. The van der Waals surface area contributed by atoms with Crippen LogP contribution in [0.1, 0.15) is 16.8 Å². The minimum atomic E-state index is -1.48. The van der Waals surface area contributed by atoms with Crippen LogP contribution in [0, 0.1) is 0 Å². The number of carbonyl (C=O) groups excluding carboxylic acids is 1. The molecule has 114 valence electrons. The molecule has 0 radical (unpaired) electrons. The molecule has 0 spiro atoms. The van der Waals surface area contributed by atoms with Crippen LogP contribution in [-0.2, 0) is 4.74 Å². The van der Waals surface area contributed by atoms with Crippen molar-refractivity contribution in [1.82, 2.24) is 0 Å². The van der Waals surface area contributed by atoms with E-state index in [-0.39, 0.29) is 35.0 Å². The molecule has 22 heavy (non-hydrogen) atoms. The molecule has 0 unspecified atom stereocenters. The summed E-state index contributed by atoms with van der Waals surface area (Å²) in [5, 5.41) is 29.1. The van der Waals surface area contributed by atoms with Gasteiger partial charge in [0.2, 0.25) is 5.79 Å². The van der Waals surface area contributed by atoms with E-state index in [0.29, 0.717) is 11.3 Å². The average Bonchev–Trinajstić information content (AvgIpc) is 2.46. The lowest BCUT2D eigenvalue weighted by Gasteiger charge is -2.24. The third-order valence-corrected chi connectivity index (χ3v) is 3.55. The summed E-state index contributed by atoms with van der Waals surface area (Å²) in [6, 6.07) is 2.37. The zero-order valence-corrected chi connectivity index (χ0v) is 11.7. The van der Waals surface area contributed by atoms with Crippen LogP contribution in [0.15, 0.2) is 47.8 Å². The molecule has 3 N–H and O–H groups in total. The van der Waals surface area contributed by atoms with E-state index in [9.17, 15) is 20.1 Å². The van der Waals surface area contributed by atoms with Gasteiger partial charge in [0, 0.05) is 24.8 Å². The Balaban J connectivity index is 2.00. The molecular formula is C16H14O6. The van der Waals surface area contributed by atoms with E-state index >= 15 is 0 Å². The van der Waals surface area contributed by atoms with Gasteiger partial charge in [-0.05, 0) is 24.3 Å². The number of fused-ring (bicyclic) bond motifs is 1. The Kier molecular flexibility index (Phi) is 3.27. The maximum absolute atomic E-state index is 12.2. The summed E-state index contributed by atoms with van der Waals surface area (Å²) in [5.41, 5.74) is 0.655. The van der Waals surface area contributed by atoms with Crippen LogP contribution in [0.5, 0.6) is 17.2 Å². The van der Waals surface area contributed by atoms with Crippen molar-refractivity contribution in [1.29, 1.82) is 0 Å². The number of benzene rings is 1. The third kappa shape index (κ3) is 2.38. The quantitative estimate of drug-likeness (QED) is 0.684. The fourth-order valence-corrected chi connectivity index (χ4v) is 2.36. The van der Waals surface area contributed by atoms with Crippen molar-refractivity contribution in [3.05, 3.63) is 53.3 Å². The van der Waals surface area contributed by atoms with Crippen LogP contribution in [0.3, 0.4) is 0 Å². The number of ether oxygens (including phenoxy) is 2. The molecule has 0 saturated heterocycles. The van der Waals surface area contributed by atoms with Gasteiger partial charge in [-0.15, -0.1) is 0 Å². The monoisotopic (exact) mass is 302 g/mol. The van der Waals surface area contributed by atoms with Gasteiger partial charge < -0.3 is 24.8 Å². The van der Waals surface area contributed by atoms with Crippen LogP contribution >= 0.6 is 0 Å². The van der Waals surface area contributed by atoms with Crippen LogP contribution in [0.25, 0.3) is 0 Å². The lowest BCUT2D eigenvalue weighted by atomic mass is 9.97. The predicted octanol–water partition coefficient (Wildman–Crippen LogP) is 1.78. The first-order chi connectivity index (χ1) is 10.4. The summed E-state index contributed by atoms with van der Waals surface area (Å²) in [7, 11) is 1.37. The minimum Gasteiger partial charge on any atom is -0.508 e. The number of Topliss-reactive ketones (excluding diaryl/α,β-unsaturated/α-hetero) is 1. The number of aromatic hydroxyl groups is 2. The zero-order valence-electron chi connectivity index (χ0n) is 11.7. The van der Waals surface area contributed by atoms with Gasteiger partial charge in [0.15, 0.2) is 5.78 Å². The fraction of sp³-hybridized carbons (Fsp3) is 0.188. The Morgan fingerprint density at radius 1 is 1.23 bits per heavy atom. The number of aliphatic hydroxyl groups is 1. The summed E-state index contributed by atoms with van der Waals surface area (Å²) < 4.78 is 10.5. The number of allylic oxidation sites excluding steroid dienone is 4. The second-order valence-electron chi connectivity index (χ2n) is 5.04. The van der Waals surface area contributed by atoms with E-state index in [4.69, 9.17) is 9.47 Å². The van der Waals surface area contributed by atoms with E-state index in [0.717, 1.165) is 6.07 Å². The van der Waals surface area contributed by atoms with E-state index in [1.165, 1.54) is 25.3 Å². The van der Waals surface area contributed by atoms with Crippen molar-refractivity contribution in [2.75, 3.05) is 7.11 Å². The van der Waals surface area contributed by atoms with Gasteiger partial charge >= 0.3 is 0 Å². The maximum atomic E-state index is 12.2. The number of hydrogen-bond acceptors (Lipinski definition) is 6. The highest BCUT2D eigenvalue weighted by atomic mass is 16.6. The molecule has 0 amide bonds. The molecule has 2 aliphatic rings. The molecule has 6 heteroatoms. The second kappa shape index (κ2) is 5.01. The van der Waals surface area contributed by atoms with Crippen molar-refractivity contribution in [2.24, 2.45) is 0 Å². The average molecular weight is 302 g/mol. The lowest BCUT2D eigenvalue weighted by molar-refractivity contribution is -0.106. The first-order valence-electron chi connectivity index (χ1n) is 6.58. The minimum absolute atomic E-state index is 0.0270. The molecule has 1 aliphatic carbocycles. The number of ketones is 1. The summed E-state index contributed by atoms with van der Waals surface area (Å²) >= 11 is 0. The standard InChI is InChI=1S/C16H14O6/c1-21-16(20)4-2-9(3-5-16)13-8-12(19)15-11(18)6-10(17)7-14(15)22-13/h2-7,17-18,20H,8H2,1H3. The highest BCUT2D eigenvalue weighted by Gasteiger charge is 2.29. The summed E-state index contributed by atoms with van der Waals surface area (Å²) in [6.07, 6.45) is 6.00. The molecule has 0 fully saturated rings. The molecule has 0 saturated carbocycles. The second-order valence-corrected chi connectivity index (χ2v) is 5.04. The molecule has 1 aromatic carbocycles. The molecule has 3 rings (SSSR count). The number of methoxy groups -OCH3 is 1. The van der Waals surface area contributed by atoms with Gasteiger partial charge in [-0.2, -0.15) is 0 Å². The molecule has 6 nitrogen and oxygen atoms in total. The highest BCUT2D eigenvalue weighted by Crippen LogP contribution is 2.40. The predicted molar refractivity (Wildman–Crippen MR) is 76.6 cm³/mol. The summed E-state index contributed by atoms with van der Waals surface area (Å²) in [4.78, 5) is 12.2. The van der Waals surface area contributed by atoms with Crippen molar-refractivity contribution >= 4 is 5.78 Å². The molecule has 0 atom stereocenters. The Bertz CT molecular complexity index is 725. The number of phenols is 2. The van der Waals surface area contributed by atoms with Crippen LogP contribution in [-0.4, -0.2) is 34.0 Å². The van der Waals surface area contributed by atoms with Crippen molar-refractivity contribution < 1.29 is 29.6 Å². The highest BCUT2D eigenvalue weighted by molar-refractivity contribution is 6.04. The first kappa shape index (κ1) is 14.4. The number of hydrogen-bond donors (Lipinski definition) is 3. The molecule has 0 aromatic heterocycles. The van der Waals surface area contributed by atoms with E-state index in [2.05, 4.69) is 0 Å². The molecule has 1 aromatic rings. The Morgan fingerprint density at radius 2 is 1.91 bits per heavy atom. The summed E-state index contributed by atoms with van der Waals surface area (Å²) in [6.45, 7) is 0. The van der Waals surface area contributed by atoms with E-state index in [1.807, 2.05) is 0 Å². The van der Waals surface area contributed by atoms with Gasteiger partial charge in [-0.3, -0.25) is 4.79 Å². The smallest absolute Gasteiger partial charge is 0.205 e. The molecule has 1 aliphatic heterocycles. The third-order valence-electron chi connectivity index (χ3n) is 3.55. The van der Waals surface area contributed by atoms with Crippen LogP contribution in [0.2, 0.25) is 0 Å². The Hall–Kier alpha value is -2.57. The van der Waals surface area contributed by atoms with Crippen LogP contribution in [0.4, 0.5) is 0 Å². The summed E-state index contributed by atoms with van der Waals surface area (Å²) in [5.74, 6) is -1.82. The zero-order chi connectivity index (χ0) is 15.9. The Morgan fingerprint density at radius 3 is 2.55 bits per heavy atom. The number of phenolic OH excluding ortho intramolecular Hbond substituents is 2. The van der Waals surface area contributed by atoms with Gasteiger partial charge in [-0.1, -0.05) is 0 Å². The molecular weight excluding hydrogens is 288 g/mol. The SMILES string of the molecule is COC1(O)C=CC(=C2CC(=O)c3c(O)cc(O)cc3O2)C=C1. The fourth-order valence-electron chi connectivity index (χ4n) is 2.36. The maximum Gasteiger partial charge on any atom is 0.205 e. The largest absolute Gasteiger partial charge is 0.508 e. The Labute approximate surface area is 126 Å². The van der Waals surface area contributed by atoms with E-state index < -0.39 is 5.79 Å². The van der Waals surface area contributed by atoms with Crippen LogP contribution < -0.4 is 4.74 Å². The van der Waals surface area contributed by atoms with Crippen molar-refractivity contribution in [3.63, 3.8) is 0 Å². The lowest BCUT2D eigenvalue weighted by Crippen LogP contribution is -2.27. The van der Waals surface area contributed by atoms with Gasteiger partial charge in [-0.25, -0.2) is 0 Å². The van der Waals surface area contributed by atoms with Crippen molar-refractivity contribution in [3.8, 4) is 17.2 Å². The van der Waals surface area contributed by atoms with Gasteiger partial charge in [0.25, 0.3) is 0 Å². The van der Waals surface area contributed by atoms with Gasteiger partial charge in [0.1, 0.15) is 28.6 Å². The molecule has 1 heterocycles.